The van der Waals surface area contributed by atoms with Crippen molar-refractivity contribution in [2.75, 3.05) is 13.6 Å². The molecule has 0 bridgehead atoms. The second-order valence-electron chi connectivity index (χ2n) is 4.30. The van der Waals surface area contributed by atoms with E-state index >= 15 is 0 Å². The van der Waals surface area contributed by atoms with Crippen LogP contribution < -0.4 is 5.32 Å². The molecule has 1 unspecified atom stereocenters. The SMILES string of the molecule is Cc1cccnc1C(=O)NC1CN(C)C(C(=O)O)=N1. The third-order valence-electron chi connectivity index (χ3n) is 2.80. The van der Waals surface area contributed by atoms with Gasteiger partial charge in [-0.1, -0.05) is 6.07 Å². The second kappa shape index (κ2) is 5.05. The Morgan fingerprint density at radius 3 is 2.84 bits per heavy atom. The van der Waals surface area contributed by atoms with Crippen LogP contribution in [-0.2, 0) is 4.79 Å². The molecular formula is C12H14N4O3. The Labute approximate surface area is 110 Å². The maximum atomic E-state index is 12.0. The average Bonchev–Trinajstić information content (AvgIpc) is 2.70. The maximum Gasteiger partial charge on any atom is 0.371 e. The smallest absolute Gasteiger partial charge is 0.371 e. The normalized spacial score (nSPS) is 18.1. The number of carboxylic acid groups (broad SMARTS) is 1. The van der Waals surface area contributed by atoms with Gasteiger partial charge in [-0.15, -0.1) is 0 Å². The minimum absolute atomic E-state index is 0.0527. The van der Waals surface area contributed by atoms with Crippen LogP contribution in [0.2, 0.25) is 0 Å². The molecule has 0 saturated heterocycles. The number of hydrogen-bond donors (Lipinski definition) is 2. The lowest BCUT2D eigenvalue weighted by atomic mass is 10.2. The Bertz CT molecular complexity index is 556. The molecule has 1 aliphatic rings. The molecule has 1 aromatic heterocycles. The van der Waals surface area contributed by atoms with E-state index in [0.717, 1.165) is 5.56 Å². The van der Waals surface area contributed by atoms with Crippen molar-refractivity contribution in [3.63, 3.8) is 0 Å². The molecule has 100 valence electrons. The molecule has 19 heavy (non-hydrogen) atoms. The van der Waals surface area contributed by atoms with Crippen LogP contribution in [0.25, 0.3) is 0 Å². The Morgan fingerprint density at radius 1 is 1.53 bits per heavy atom. The third kappa shape index (κ3) is 2.70. The molecule has 1 atom stereocenters. The predicted octanol–water partition coefficient (Wildman–Crippen LogP) is -0.126. The van der Waals surface area contributed by atoms with Crippen molar-refractivity contribution in [1.29, 1.82) is 0 Å². The van der Waals surface area contributed by atoms with Crippen LogP contribution in [0.1, 0.15) is 16.1 Å². The number of rotatable bonds is 3. The molecule has 1 aromatic rings. The van der Waals surface area contributed by atoms with Crippen LogP contribution >= 0.6 is 0 Å². The van der Waals surface area contributed by atoms with E-state index in [0.29, 0.717) is 12.2 Å². The van der Waals surface area contributed by atoms with Gasteiger partial charge in [-0.25, -0.2) is 9.79 Å². The Kier molecular flexibility index (Phi) is 3.46. The van der Waals surface area contributed by atoms with Crippen molar-refractivity contribution in [3.05, 3.63) is 29.6 Å². The molecule has 7 nitrogen and oxygen atoms in total. The van der Waals surface area contributed by atoms with E-state index in [9.17, 15) is 9.59 Å². The summed E-state index contributed by atoms with van der Waals surface area (Å²) in [6.07, 6.45) is 0.972. The lowest BCUT2D eigenvalue weighted by molar-refractivity contribution is -0.130. The first kappa shape index (κ1) is 13.0. The molecule has 7 heteroatoms. The molecular weight excluding hydrogens is 248 g/mol. The highest BCUT2D eigenvalue weighted by Crippen LogP contribution is 2.08. The summed E-state index contributed by atoms with van der Waals surface area (Å²) in [5.41, 5.74) is 1.08. The van der Waals surface area contributed by atoms with Gasteiger partial charge in [0.25, 0.3) is 5.91 Å². The van der Waals surface area contributed by atoms with E-state index in [2.05, 4.69) is 15.3 Å². The summed E-state index contributed by atoms with van der Waals surface area (Å²) >= 11 is 0. The number of pyridine rings is 1. The van der Waals surface area contributed by atoms with E-state index in [-0.39, 0.29) is 11.7 Å². The summed E-state index contributed by atoms with van der Waals surface area (Å²) < 4.78 is 0. The standard InChI is InChI=1S/C12H14N4O3/c1-7-4-3-5-13-9(7)11(17)15-8-6-16(2)10(14-8)12(18)19/h3-5,8H,6H2,1-2H3,(H,15,17)(H,18,19). The fraction of sp³-hybridized carbons (Fsp3) is 0.333. The average molecular weight is 262 g/mol. The van der Waals surface area contributed by atoms with Gasteiger partial charge in [0, 0.05) is 13.2 Å². The number of amidine groups is 1. The number of hydrogen-bond acceptors (Lipinski definition) is 5. The number of aryl methyl sites for hydroxylation is 1. The van der Waals surface area contributed by atoms with Gasteiger partial charge >= 0.3 is 5.97 Å². The topological polar surface area (TPSA) is 94.9 Å². The lowest BCUT2D eigenvalue weighted by Crippen LogP contribution is -2.38. The summed E-state index contributed by atoms with van der Waals surface area (Å²) in [5, 5.41) is 11.6. The molecule has 0 aliphatic carbocycles. The molecule has 1 amide bonds. The molecule has 2 N–H and O–H groups in total. The van der Waals surface area contributed by atoms with Gasteiger partial charge < -0.3 is 15.3 Å². The second-order valence-corrected chi connectivity index (χ2v) is 4.30. The highest BCUT2D eigenvalue weighted by molar-refractivity contribution is 6.34. The van der Waals surface area contributed by atoms with Crippen LogP contribution in [0.4, 0.5) is 0 Å². The summed E-state index contributed by atoms with van der Waals surface area (Å²) in [6.45, 7) is 2.12. The van der Waals surface area contributed by atoms with Crippen LogP contribution in [0.3, 0.4) is 0 Å². The number of nitrogens with one attached hydrogen (secondary N) is 1. The zero-order chi connectivity index (χ0) is 14.0. The van der Waals surface area contributed by atoms with Crippen molar-refractivity contribution in [3.8, 4) is 0 Å². The minimum Gasteiger partial charge on any atom is -0.475 e. The number of aliphatic imine (C=N–C) groups is 1. The van der Waals surface area contributed by atoms with E-state index in [4.69, 9.17) is 5.11 Å². The van der Waals surface area contributed by atoms with Gasteiger partial charge in [-0.2, -0.15) is 0 Å². The highest BCUT2D eigenvalue weighted by atomic mass is 16.4. The Morgan fingerprint density at radius 2 is 2.26 bits per heavy atom. The van der Waals surface area contributed by atoms with Gasteiger partial charge in [0.1, 0.15) is 11.9 Å². The Hall–Kier alpha value is -2.44. The van der Waals surface area contributed by atoms with Gasteiger partial charge in [-0.3, -0.25) is 9.78 Å². The highest BCUT2D eigenvalue weighted by Gasteiger charge is 2.28. The molecule has 1 aliphatic heterocycles. The van der Waals surface area contributed by atoms with Crippen molar-refractivity contribution < 1.29 is 14.7 Å². The monoisotopic (exact) mass is 262 g/mol. The van der Waals surface area contributed by atoms with Crippen LogP contribution in [0, 0.1) is 6.92 Å². The predicted molar refractivity (Wildman–Crippen MR) is 67.9 cm³/mol. The first-order chi connectivity index (χ1) is 8.99. The van der Waals surface area contributed by atoms with E-state index in [1.165, 1.54) is 11.1 Å². The van der Waals surface area contributed by atoms with E-state index in [1.54, 1.807) is 26.1 Å². The minimum atomic E-state index is -1.10. The van der Waals surface area contributed by atoms with Gasteiger partial charge in [-0.05, 0) is 18.6 Å². The zero-order valence-corrected chi connectivity index (χ0v) is 10.6. The fourth-order valence-corrected chi connectivity index (χ4v) is 1.87. The fourth-order valence-electron chi connectivity index (χ4n) is 1.87. The number of carbonyl (C=O) groups excluding carboxylic acids is 1. The number of aliphatic carboxylic acids is 1. The number of nitrogens with zero attached hydrogens (tertiary/aromatic N) is 3. The molecule has 0 aromatic carbocycles. The van der Waals surface area contributed by atoms with Gasteiger partial charge in [0.2, 0.25) is 5.84 Å². The molecule has 0 fully saturated rings. The number of amides is 1. The van der Waals surface area contributed by atoms with Crippen molar-refractivity contribution in [2.24, 2.45) is 4.99 Å². The number of carboxylic acids is 1. The maximum absolute atomic E-state index is 12.0. The number of aromatic nitrogens is 1. The van der Waals surface area contributed by atoms with Gasteiger partial charge in [0.05, 0.1) is 6.54 Å². The molecule has 0 spiro atoms. The van der Waals surface area contributed by atoms with Crippen LogP contribution in [-0.4, -0.2) is 52.5 Å². The largest absolute Gasteiger partial charge is 0.475 e. The summed E-state index contributed by atoms with van der Waals surface area (Å²) in [6, 6.07) is 3.53. The van der Waals surface area contributed by atoms with Crippen LogP contribution in [0.5, 0.6) is 0 Å². The summed E-state index contributed by atoms with van der Waals surface area (Å²) in [4.78, 5) is 32.3. The first-order valence-corrected chi connectivity index (χ1v) is 5.73. The molecule has 0 saturated carbocycles. The van der Waals surface area contributed by atoms with Crippen LogP contribution in [0.15, 0.2) is 23.3 Å². The summed E-state index contributed by atoms with van der Waals surface area (Å²) in [5.74, 6) is -1.51. The van der Waals surface area contributed by atoms with Crippen molar-refractivity contribution in [2.45, 2.75) is 13.1 Å². The van der Waals surface area contributed by atoms with Crippen molar-refractivity contribution in [1.82, 2.24) is 15.2 Å². The van der Waals surface area contributed by atoms with E-state index in [1.807, 2.05) is 0 Å². The lowest BCUT2D eigenvalue weighted by Gasteiger charge is -2.13. The van der Waals surface area contributed by atoms with Crippen molar-refractivity contribution >= 4 is 17.7 Å². The quantitative estimate of drug-likeness (QED) is 0.791. The zero-order valence-electron chi connectivity index (χ0n) is 10.6. The van der Waals surface area contributed by atoms with E-state index < -0.39 is 12.1 Å². The summed E-state index contributed by atoms with van der Waals surface area (Å²) in [7, 11) is 1.62. The number of likely N-dealkylation sites (N-methyl/N-ethyl adjacent to an activating group) is 1. The number of carbonyl (C=O) groups is 2. The molecule has 2 rings (SSSR count). The molecule has 0 radical (unpaired) electrons. The Balaban J connectivity index is 2.09. The first-order valence-electron chi connectivity index (χ1n) is 5.73. The molecule has 2 heterocycles. The van der Waals surface area contributed by atoms with Gasteiger partial charge in [0.15, 0.2) is 0 Å². The third-order valence-corrected chi connectivity index (χ3v) is 2.80.